The van der Waals surface area contributed by atoms with Crippen LogP contribution in [0.2, 0.25) is 0 Å². The Morgan fingerprint density at radius 3 is 2.58 bits per heavy atom. The molecule has 0 saturated carbocycles. The number of aryl methyl sites for hydroxylation is 1. The van der Waals surface area contributed by atoms with Crippen molar-refractivity contribution in [2.24, 2.45) is 0 Å². The summed E-state index contributed by atoms with van der Waals surface area (Å²) in [5.74, 6) is 1.02. The first-order valence-electron chi connectivity index (χ1n) is 9.83. The Morgan fingerprint density at radius 2 is 1.97 bits per heavy atom. The predicted octanol–water partition coefficient (Wildman–Crippen LogP) is 3.66. The molecule has 0 radical (unpaired) electrons. The number of hydrazine groups is 1. The lowest BCUT2D eigenvalue weighted by Gasteiger charge is -2.28. The topological polar surface area (TPSA) is 64.6 Å². The van der Waals surface area contributed by atoms with Crippen LogP contribution in [0, 0.1) is 6.92 Å². The number of alkyl halides is 3. The first-order valence-corrected chi connectivity index (χ1v) is 9.83. The summed E-state index contributed by atoms with van der Waals surface area (Å²) in [7, 11) is 3.35. The van der Waals surface area contributed by atoms with Gasteiger partial charge in [-0.15, -0.1) is 0 Å². The lowest BCUT2D eigenvalue weighted by Crippen LogP contribution is -2.33. The van der Waals surface area contributed by atoms with Crippen molar-refractivity contribution in [1.29, 1.82) is 0 Å². The number of fused-ring (bicyclic) bond motifs is 1. The molecule has 164 valence electrons. The molecule has 0 saturated heterocycles. The fourth-order valence-electron chi connectivity index (χ4n) is 4.01. The number of anilines is 2. The minimum atomic E-state index is -4.38. The highest BCUT2D eigenvalue weighted by molar-refractivity contribution is 5.99. The third-order valence-electron chi connectivity index (χ3n) is 5.76. The summed E-state index contributed by atoms with van der Waals surface area (Å²) in [6, 6.07) is 3.32. The standard InChI is InChI=1S/C21H23F3N6O/c1-12-7-14(8-27-19(12)30-10-15(9-28(30)4)21(22,23)24)13(2)29-11-17-16(20(29)31)5-6-26-18(17)25-3/h5-8,10,13H,9,11H2,1-4H3,(H,25,26). The SMILES string of the molecule is CNc1nccc2c1CN(C(C)c1cnc(N3C=C(C(F)(F)F)CN3C)c(C)c1)C2=O. The van der Waals surface area contributed by atoms with E-state index in [-0.39, 0.29) is 18.5 Å². The largest absolute Gasteiger partial charge is 0.415 e. The van der Waals surface area contributed by atoms with E-state index in [0.717, 1.165) is 22.9 Å². The molecule has 1 atom stereocenters. The Morgan fingerprint density at radius 1 is 1.23 bits per heavy atom. The predicted molar refractivity (Wildman–Crippen MR) is 110 cm³/mol. The zero-order valence-corrected chi connectivity index (χ0v) is 17.7. The van der Waals surface area contributed by atoms with Gasteiger partial charge in [-0.2, -0.15) is 13.2 Å². The molecule has 4 heterocycles. The third kappa shape index (κ3) is 3.60. The molecule has 7 nitrogen and oxygen atoms in total. The van der Waals surface area contributed by atoms with Gasteiger partial charge in [0.25, 0.3) is 5.91 Å². The molecule has 1 unspecified atom stereocenters. The van der Waals surface area contributed by atoms with Crippen molar-refractivity contribution < 1.29 is 18.0 Å². The highest BCUT2D eigenvalue weighted by atomic mass is 19.4. The highest BCUT2D eigenvalue weighted by Gasteiger charge is 2.40. The maximum absolute atomic E-state index is 13.1. The van der Waals surface area contributed by atoms with E-state index in [1.807, 2.05) is 13.0 Å². The first kappa shape index (κ1) is 21.1. The van der Waals surface area contributed by atoms with Gasteiger partial charge in [0.15, 0.2) is 0 Å². The number of pyridine rings is 2. The molecule has 2 aliphatic rings. The second-order valence-corrected chi connectivity index (χ2v) is 7.77. The zero-order chi connectivity index (χ0) is 22.5. The normalized spacial score (nSPS) is 17.8. The van der Waals surface area contributed by atoms with Gasteiger partial charge in [0.05, 0.1) is 18.2 Å². The van der Waals surface area contributed by atoms with E-state index < -0.39 is 11.7 Å². The first-order chi connectivity index (χ1) is 14.6. The second kappa shape index (κ2) is 7.52. The molecule has 0 fully saturated rings. The van der Waals surface area contributed by atoms with E-state index in [0.29, 0.717) is 23.7 Å². The zero-order valence-electron chi connectivity index (χ0n) is 17.7. The summed E-state index contributed by atoms with van der Waals surface area (Å²) in [6.45, 7) is 3.91. The quantitative estimate of drug-likeness (QED) is 0.796. The average molecular weight is 432 g/mol. The Bertz CT molecular complexity index is 1070. The van der Waals surface area contributed by atoms with Crippen molar-refractivity contribution in [2.75, 3.05) is 31.0 Å². The lowest BCUT2D eigenvalue weighted by molar-refractivity contribution is -0.0932. The summed E-state index contributed by atoms with van der Waals surface area (Å²) in [6.07, 6.45) is -0.0802. The molecule has 2 aromatic heterocycles. The van der Waals surface area contributed by atoms with E-state index in [1.165, 1.54) is 10.0 Å². The fourth-order valence-corrected chi connectivity index (χ4v) is 4.01. The van der Waals surface area contributed by atoms with Crippen LogP contribution < -0.4 is 10.3 Å². The molecule has 10 heteroatoms. The number of carbonyl (C=O) groups is 1. The smallest absolute Gasteiger partial charge is 0.373 e. The summed E-state index contributed by atoms with van der Waals surface area (Å²) in [5, 5.41) is 5.89. The summed E-state index contributed by atoms with van der Waals surface area (Å²) < 4.78 is 39.2. The van der Waals surface area contributed by atoms with Crippen LogP contribution in [0.5, 0.6) is 0 Å². The van der Waals surface area contributed by atoms with Crippen LogP contribution in [0.1, 0.15) is 40.0 Å². The van der Waals surface area contributed by atoms with E-state index in [2.05, 4.69) is 15.3 Å². The molecule has 0 spiro atoms. The summed E-state index contributed by atoms with van der Waals surface area (Å²) in [5.41, 5.74) is 2.38. The van der Waals surface area contributed by atoms with Gasteiger partial charge in [0.1, 0.15) is 11.6 Å². The van der Waals surface area contributed by atoms with Crippen molar-refractivity contribution in [3.8, 4) is 0 Å². The highest BCUT2D eigenvalue weighted by Crippen LogP contribution is 2.36. The maximum Gasteiger partial charge on any atom is 0.415 e. The number of rotatable bonds is 4. The van der Waals surface area contributed by atoms with Crippen LogP contribution in [-0.2, 0) is 6.54 Å². The second-order valence-electron chi connectivity index (χ2n) is 7.77. The van der Waals surface area contributed by atoms with Crippen LogP contribution in [0.15, 0.2) is 36.3 Å². The number of nitrogens with zero attached hydrogens (tertiary/aromatic N) is 5. The van der Waals surface area contributed by atoms with Crippen LogP contribution in [-0.4, -0.2) is 52.6 Å². The number of hydrogen-bond acceptors (Lipinski definition) is 6. The number of carbonyl (C=O) groups excluding carboxylic acids is 1. The number of aromatic nitrogens is 2. The Hall–Kier alpha value is -3.14. The average Bonchev–Trinajstić information content (AvgIpc) is 3.28. The lowest BCUT2D eigenvalue weighted by atomic mass is 10.1. The third-order valence-corrected chi connectivity index (χ3v) is 5.76. The maximum atomic E-state index is 13.1. The van der Waals surface area contributed by atoms with Crippen molar-refractivity contribution in [2.45, 2.75) is 32.6 Å². The number of halogens is 3. The molecule has 2 aromatic rings. The van der Waals surface area contributed by atoms with Crippen LogP contribution in [0.4, 0.5) is 24.8 Å². The Balaban J connectivity index is 1.59. The van der Waals surface area contributed by atoms with Gasteiger partial charge in [0.2, 0.25) is 0 Å². The van der Waals surface area contributed by atoms with Gasteiger partial charge in [0, 0.05) is 50.4 Å². The van der Waals surface area contributed by atoms with Crippen molar-refractivity contribution in [1.82, 2.24) is 19.9 Å². The van der Waals surface area contributed by atoms with Gasteiger partial charge < -0.3 is 10.2 Å². The molecule has 0 aromatic carbocycles. The molecular formula is C21H23F3N6O. The monoisotopic (exact) mass is 432 g/mol. The molecular weight excluding hydrogens is 409 g/mol. The molecule has 4 rings (SSSR count). The molecule has 2 aliphatic heterocycles. The van der Waals surface area contributed by atoms with Gasteiger partial charge in [-0.3, -0.25) is 9.80 Å². The minimum Gasteiger partial charge on any atom is -0.373 e. The van der Waals surface area contributed by atoms with Crippen molar-refractivity contribution in [3.63, 3.8) is 0 Å². The number of amides is 1. The van der Waals surface area contributed by atoms with Gasteiger partial charge in [-0.05, 0) is 37.1 Å². The fraction of sp³-hybridized carbons (Fsp3) is 0.381. The molecule has 0 aliphatic carbocycles. The van der Waals surface area contributed by atoms with E-state index in [1.54, 1.807) is 44.4 Å². The molecule has 1 N–H and O–H groups in total. The number of likely N-dealkylation sites (N-methyl/N-ethyl adjacent to an activating group) is 1. The van der Waals surface area contributed by atoms with Gasteiger partial charge in [-0.1, -0.05) is 0 Å². The number of nitrogens with one attached hydrogen (secondary N) is 1. The van der Waals surface area contributed by atoms with Gasteiger partial charge in [-0.25, -0.2) is 15.0 Å². The van der Waals surface area contributed by atoms with Crippen molar-refractivity contribution in [3.05, 3.63) is 58.6 Å². The molecule has 0 bridgehead atoms. The van der Waals surface area contributed by atoms with Crippen LogP contribution in [0.25, 0.3) is 0 Å². The Kier molecular flexibility index (Phi) is 5.12. The van der Waals surface area contributed by atoms with E-state index >= 15 is 0 Å². The van der Waals surface area contributed by atoms with Crippen molar-refractivity contribution >= 4 is 17.5 Å². The van der Waals surface area contributed by atoms with Gasteiger partial charge >= 0.3 is 6.18 Å². The number of hydrogen-bond donors (Lipinski definition) is 1. The molecule has 1 amide bonds. The Labute approximate surface area is 178 Å². The molecule has 31 heavy (non-hydrogen) atoms. The van der Waals surface area contributed by atoms with Crippen LogP contribution >= 0.6 is 0 Å². The van der Waals surface area contributed by atoms with Crippen LogP contribution in [0.3, 0.4) is 0 Å². The van der Waals surface area contributed by atoms with E-state index in [9.17, 15) is 18.0 Å². The summed E-state index contributed by atoms with van der Waals surface area (Å²) >= 11 is 0. The summed E-state index contributed by atoms with van der Waals surface area (Å²) in [4.78, 5) is 23.4. The minimum absolute atomic E-state index is 0.0832. The van der Waals surface area contributed by atoms with E-state index in [4.69, 9.17) is 0 Å².